The first kappa shape index (κ1) is 9.68. The Kier molecular flexibility index (Phi) is 2.84. The van der Waals surface area contributed by atoms with E-state index in [0.717, 1.165) is 31.7 Å². The quantitative estimate of drug-likeness (QED) is 0.788. The van der Waals surface area contributed by atoms with Gasteiger partial charge in [0.2, 0.25) is 0 Å². The molecule has 0 amide bonds. The Labute approximate surface area is 83.5 Å². The summed E-state index contributed by atoms with van der Waals surface area (Å²) in [5.74, 6) is 0. The highest BCUT2D eigenvalue weighted by atomic mass is 16.5. The van der Waals surface area contributed by atoms with E-state index >= 15 is 0 Å². The number of aliphatic hydroxyl groups excluding tert-OH is 1. The summed E-state index contributed by atoms with van der Waals surface area (Å²) in [4.78, 5) is 0. The predicted molar refractivity (Wildman–Crippen MR) is 51.8 cm³/mol. The molecular formula is C10H16N2O2. The Hall–Kier alpha value is -0.870. The lowest BCUT2D eigenvalue weighted by molar-refractivity contribution is -0.00687. The van der Waals surface area contributed by atoms with Crippen molar-refractivity contribution in [3.8, 4) is 0 Å². The number of aromatic nitrogens is 2. The maximum atomic E-state index is 10.0. The van der Waals surface area contributed by atoms with Crippen LogP contribution in [0.1, 0.15) is 31.6 Å². The maximum absolute atomic E-state index is 10.0. The van der Waals surface area contributed by atoms with E-state index in [1.54, 1.807) is 6.20 Å². The molecule has 0 bridgehead atoms. The average Bonchev–Trinajstić information content (AvgIpc) is 2.87. The first-order valence-electron chi connectivity index (χ1n) is 5.14. The minimum atomic E-state index is -0.528. The Bertz CT molecular complexity index is 292. The van der Waals surface area contributed by atoms with Crippen LogP contribution in [0.4, 0.5) is 0 Å². The van der Waals surface area contributed by atoms with Crippen LogP contribution >= 0.6 is 0 Å². The fourth-order valence-electron chi connectivity index (χ4n) is 1.90. The summed E-state index contributed by atoms with van der Waals surface area (Å²) in [6, 6.07) is 1.86. The SMILES string of the molecule is CCn1nccc1C(O)C1CCCO1. The molecule has 1 aliphatic rings. The van der Waals surface area contributed by atoms with Gasteiger partial charge >= 0.3 is 0 Å². The van der Waals surface area contributed by atoms with Crippen molar-refractivity contribution in [2.45, 2.75) is 38.5 Å². The number of nitrogens with zero attached hydrogens (tertiary/aromatic N) is 2. The van der Waals surface area contributed by atoms with E-state index in [4.69, 9.17) is 4.74 Å². The van der Waals surface area contributed by atoms with Crippen LogP contribution in [0.5, 0.6) is 0 Å². The number of ether oxygens (including phenoxy) is 1. The summed E-state index contributed by atoms with van der Waals surface area (Å²) >= 11 is 0. The molecule has 1 aromatic rings. The van der Waals surface area contributed by atoms with Crippen molar-refractivity contribution < 1.29 is 9.84 Å². The van der Waals surface area contributed by atoms with Crippen LogP contribution in [0.15, 0.2) is 12.3 Å². The molecule has 2 heterocycles. The normalized spacial score (nSPS) is 24.0. The molecule has 1 fully saturated rings. The van der Waals surface area contributed by atoms with E-state index in [1.165, 1.54) is 0 Å². The third kappa shape index (κ3) is 1.67. The van der Waals surface area contributed by atoms with Crippen molar-refractivity contribution in [2.75, 3.05) is 6.61 Å². The van der Waals surface area contributed by atoms with Gasteiger partial charge in [0.15, 0.2) is 0 Å². The third-order valence-corrected chi connectivity index (χ3v) is 2.67. The topological polar surface area (TPSA) is 47.3 Å². The van der Waals surface area contributed by atoms with Crippen molar-refractivity contribution in [1.29, 1.82) is 0 Å². The Morgan fingerprint density at radius 3 is 3.29 bits per heavy atom. The zero-order valence-electron chi connectivity index (χ0n) is 8.39. The van der Waals surface area contributed by atoms with E-state index in [0.29, 0.717) is 0 Å². The predicted octanol–water partition coefficient (Wildman–Crippen LogP) is 1.12. The average molecular weight is 196 g/mol. The summed E-state index contributed by atoms with van der Waals surface area (Å²) in [5.41, 5.74) is 0.861. The molecule has 1 N–H and O–H groups in total. The number of rotatable bonds is 3. The second-order valence-electron chi connectivity index (χ2n) is 3.57. The van der Waals surface area contributed by atoms with Gasteiger partial charge in [-0.25, -0.2) is 0 Å². The molecule has 78 valence electrons. The molecule has 1 saturated heterocycles. The van der Waals surface area contributed by atoms with Gasteiger partial charge in [-0.1, -0.05) is 0 Å². The first-order chi connectivity index (χ1) is 6.83. The number of hydrogen-bond acceptors (Lipinski definition) is 3. The van der Waals surface area contributed by atoms with Gasteiger partial charge in [0.1, 0.15) is 6.10 Å². The third-order valence-electron chi connectivity index (χ3n) is 2.67. The van der Waals surface area contributed by atoms with Gasteiger partial charge in [-0.15, -0.1) is 0 Å². The van der Waals surface area contributed by atoms with Crippen LogP contribution in [0, 0.1) is 0 Å². The van der Waals surface area contributed by atoms with Crippen molar-refractivity contribution >= 4 is 0 Å². The van der Waals surface area contributed by atoms with Crippen LogP contribution in [0.3, 0.4) is 0 Å². The summed E-state index contributed by atoms with van der Waals surface area (Å²) in [5, 5.41) is 14.2. The van der Waals surface area contributed by atoms with Crippen molar-refractivity contribution in [1.82, 2.24) is 9.78 Å². The fourth-order valence-corrected chi connectivity index (χ4v) is 1.90. The van der Waals surface area contributed by atoms with Crippen LogP contribution in [-0.4, -0.2) is 27.6 Å². The van der Waals surface area contributed by atoms with E-state index in [2.05, 4.69) is 5.10 Å². The van der Waals surface area contributed by atoms with Crippen molar-refractivity contribution in [3.05, 3.63) is 18.0 Å². The Morgan fingerprint density at radius 2 is 2.64 bits per heavy atom. The van der Waals surface area contributed by atoms with Crippen LogP contribution in [-0.2, 0) is 11.3 Å². The molecular weight excluding hydrogens is 180 g/mol. The van der Waals surface area contributed by atoms with E-state index < -0.39 is 6.10 Å². The van der Waals surface area contributed by atoms with Crippen LogP contribution in [0.25, 0.3) is 0 Å². The summed E-state index contributed by atoms with van der Waals surface area (Å²) < 4.78 is 7.26. The van der Waals surface area contributed by atoms with E-state index in [9.17, 15) is 5.11 Å². The monoisotopic (exact) mass is 196 g/mol. The second kappa shape index (κ2) is 4.11. The van der Waals surface area contributed by atoms with Crippen LogP contribution < -0.4 is 0 Å². The van der Waals surface area contributed by atoms with Gasteiger partial charge in [0, 0.05) is 19.3 Å². The lowest BCUT2D eigenvalue weighted by Gasteiger charge is -2.18. The largest absolute Gasteiger partial charge is 0.384 e. The van der Waals surface area contributed by atoms with Crippen molar-refractivity contribution in [2.24, 2.45) is 0 Å². The van der Waals surface area contributed by atoms with E-state index in [1.807, 2.05) is 17.7 Å². The second-order valence-corrected chi connectivity index (χ2v) is 3.57. The van der Waals surface area contributed by atoms with Crippen molar-refractivity contribution in [3.63, 3.8) is 0 Å². The lowest BCUT2D eigenvalue weighted by Crippen LogP contribution is -2.20. The minimum absolute atomic E-state index is 0.0444. The summed E-state index contributed by atoms with van der Waals surface area (Å²) in [6.07, 6.45) is 3.13. The zero-order valence-corrected chi connectivity index (χ0v) is 8.39. The zero-order chi connectivity index (χ0) is 9.97. The molecule has 1 aliphatic heterocycles. The highest BCUT2D eigenvalue weighted by Crippen LogP contribution is 2.26. The number of aliphatic hydroxyl groups is 1. The molecule has 14 heavy (non-hydrogen) atoms. The lowest BCUT2D eigenvalue weighted by atomic mass is 10.1. The molecule has 0 saturated carbocycles. The van der Waals surface area contributed by atoms with Gasteiger partial charge in [-0.3, -0.25) is 4.68 Å². The maximum Gasteiger partial charge on any atom is 0.122 e. The molecule has 0 spiro atoms. The van der Waals surface area contributed by atoms with Gasteiger partial charge < -0.3 is 9.84 Å². The molecule has 4 heteroatoms. The summed E-state index contributed by atoms with van der Waals surface area (Å²) in [6.45, 7) is 3.56. The molecule has 2 rings (SSSR count). The molecule has 2 unspecified atom stereocenters. The minimum Gasteiger partial charge on any atom is -0.384 e. The number of hydrogen-bond donors (Lipinski definition) is 1. The Balaban J connectivity index is 2.12. The molecule has 1 aromatic heterocycles. The fraction of sp³-hybridized carbons (Fsp3) is 0.700. The van der Waals surface area contributed by atoms with Gasteiger partial charge in [0.25, 0.3) is 0 Å². The van der Waals surface area contributed by atoms with E-state index in [-0.39, 0.29) is 6.10 Å². The summed E-state index contributed by atoms with van der Waals surface area (Å²) in [7, 11) is 0. The molecule has 0 radical (unpaired) electrons. The molecule has 2 atom stereocenters. The highest BCUT2D eigenvalue weighted by Gasteiger charge is 2.27. The molecule has 0 aromatic carbocycles. The molecule has 4 nitrogen and oxygen atoms in total. The number of aryl methyl sites for hydroxylation is 1. The van der Waals surface area contributed by atoms with Gasteiger partial charge in [0.05, 0.1) is 11.8 Å². The molecule has 0 aliphatic carbocycles. The first-order valence-corrected chi connectivity index (χ1v) is 5.14. The Morgan fingerprint density at radius 1 is 1.79 bits per heavy atom. The highest BCUT2D eigenvalue weighted by molar-refractivity contribution is 5.06. The van der Waals surface area contributed by atoms with Crippen LogP contribution in [0.2, 0.25) is 0 Å². The van der Waals surface area contributed by atoms with Gasteiger partial charge in [-0.2, -0.15) is 5.10 Å². The smallest absolute Gasteiger partial charge is 0.122 e. The van der Waals surface area contributed by atoms with Gasteiger partial charge in [-0.05, 0) is 25.8 Å². The standard InChI is InChI=1S/C10H16N2O2/c1-2-12-8(5-6-11-12)10(13)9-4-3-7-14-9/h5-6,9-10,13H,2-4,7H2,1H3.